The Morgan fingerprint density at radius 1 is 0.952 bits per heavy atom. The summed E-state index contributed by atoms with van der Waals surface area (Å²) in [5.41, 5.74) is 7.90. The molecule has 1 rings (SSSR count). The van der Waals surface area contributed by atoms with E-state index in [-0.39, 0.29) is 6.04 Å². The number of hydrogen-bond acceptors (Lipinski definition) is 2. The van der Waals surface area contributed by atoms with E-state index in [1.807, 2.05) is 0 Å². The molecule has 120 valence electrons. The van der Waals surface area contributed by atoms with Crippen LogP contribution in [-0.4, -0.2) is 24.0 Å². The second-order valence-corrected chi connectivity index (χ2v) is 6.41. The lowest BCUT2D eigenvalue weighted by Crippen LogP contribution is -2.47. The fraction of sp³-hybridized carbons (Fsp3) is 0.684. The van der Waals surface area contributed by atoms with Crippen molar-refractivity contribution in [3.8, 4) is 0 Å². The number of hydrogen-bond donors (Lipinski definition) is 1. The Kier molecular flexibility index (Phi) is 8.63. The second-order valence-electron chi connectivity index (χ2n) is 6.41. The Labute approximate surface area is 131 Å². The highest BCUT2D eigenvalue weighted by Gasteiger charge is 2.28. The third kappa shape index (κ3) is 5.80. The summed E-state index contributed by atoms with van der Waals surface area (Å²) in [6.07, 6.45) is 5.00. The summed E-state index contributed by atoms with van der Waals surface area (Å²) in [4.78, 5) is 2.63. The zero-order valence-corrected chi connectivity index (χ0v) is 14.4. The Balaban J connectivity index is 2.88. The van der Waals surface area contributed by atoms with Crippen molar-refractivity contribution in [1.82, 2.24) is 4.90 Å². The van der Waals surface area contributed by atoms with Gasteiger partial charge in [0.25, 0.3) is 0 Å². The van der Waals surface area contributed by atoms with Gasteiger partial charge in [-0.05, 0) is 37.4 Å². The topological polar surface area (TPSA) is 29.3 Å². The van der Waals surface area contributed by atoms with Gasteiger partial charge in [0.15, 0.2) is 0 Å². The molecule has 0 heterocycles. The summed E-state index contributed by atoms with van der Waals surface area (Å²) in [6, 6.07) is 11.1. The maximum absolute atomic E-state index is 6.64. The highest BCUT2D eigenvalue weighted by atomic mass is 15.2. The van der Waals surface area contributed by atoms with Crippen molar-refractivity contribution >= 4 is 0 Å². The zero-order chi connectivity index (χ0) is 15.7. The molecule has 2 heteroatoms. The number of nitrogens with two attached hydrogens (primary N) is 1. The van der Waals surface area contributed by atoms with Crippen molar-refractivity contribution in [1.29, 1.82) is 0 Å². The Hall–Kier alpha value is -0.860. The fourth-order valence-electron chi connectivity index (χ4n) is 3.07. The summed E-state index contributed by atoms with van der Waals surface area (Å²) < 4.78 is 0. The molecular formula is C19H34N2. The minimum Gasteiger partial charge on any atom is -0.323 e. The molecule has 0 aliphatic rings. The molecule has 0 spiro atoms. The summed E-state index contributed by atoms with van der Waals surface area (Å²) in [7, 11) is 0. The van der Waals surface area contributed by atoms with E-state index in [0.29, 0.717) is 12.0 Å². The summed E-state index contributed by atoms with van der Waals surface area (Å²) in [6.45, 7) is 11.5. The minimum atomic E-state index is 0.0971. The van der Waals surface area contributed by atoms with Crippen LogP contribution in [0.4, 0.5) is 0 Å². The lowest BCUT2D eigenvalue weighted by Gasteiger charge is -2.38. The first kappa shape index (κ1) is 18.2. The molecule has 0 radical (unpaired) electrons. The van der Waals surface area contributed by atoms with E-state index in [2.05, 4.69) is 62.9 Å². The molecule has 2 unspecified atom stereocenters. The third-order valence-electron chi connectivity index (χ3n) is 4.25. The maximum atomic E-state index is 6.64. The molecule has 0 aliphatic heterocycles. The van der Waals surface area contributed by atoms with E-state index >= 15 is 0 Å². The van der Waals surface area contributed by atoms with Gasteiger partial charge in [-0.15, -0.1) is 0 Å². The average Bonchev–Trinajstić information content (AvgIpc) is 2.50. The van der Waals surface area contributed by atoms with Gasteiger partial charge in [0.05, 0.1) is 0 Å². The fourth-order valence-corrected chi connectivity index (χ4v) is 3.07. The van der Waals surface area contributed by atoms with Gasteiger partial charge in [-0.2, -0.15) is 0 Å². The average molecular weight is 290 g/mol. The molecule has 0 saturated carbocycles. The number of benzene rings is 1. The van der Waals surface area contributed by atoms with Gasteiger partial charge in [0, 0.05) is 12.1 Å². The van der Waals surface area contributed by atoms with Gasteiger partial charge < -0.3 is 5.73 Å². The highest BCUT2D eigenvalue weighted by Crippen LogP contribution is 2.25. The molecule has 0 aromatic heterocycles. The SMILES string of the molecule is CCCCN(CCCC)C(C(C)C)C(N)c1ccccc1. The van der Waals surface area contributed by atoms with Gasteiger partial charge in [-0.25, -0.2) is 0 Å². The van der Waals surface area contributed by atoms with Gasteiger partial charge in [-0.3, -0.25) is 4.90 Å². The molecule has 21 heavy (non-hydrogen) atoms. The van der Waals surface area contributed by atoms with Gasteiger partial charge in [0.1, 0.15) is 0 Å². The van der Waals surface area contributed by atoms with E-state index in [1.165, 1.54) is 44.3 Å². The predicted octanol–water partition coefficient (Wildman–Crippen LogP) is 4.61. The number of rotatable bonds is 10. The highest BCUT2D eigenvalue weighted by molar-refractivity contribution is 5.20. The molecule has 0 fully saturated rings. The molecule has 0 aliphatic carbocycles. The Morgan fingerprint density at radius 3 is 1.90 bits per heavy atom. The number of nitrogens with zero attached hydrogens (tertiary/aromatic N) is 1. The van der Waals surface area contributed by atoms with E-state index < -0.39 is 0 Å². The van der Waals surface area contributed by atoms with Crippen LogP contribution >= 0.6 is 0 Å². The number of unbranched alkanes of at least 4 members (excludes halogenated alkanes) is 2. The maximum Gasteiger partial charge on any atom is 0.0455 e. The lowest BCUT2D eigenvalue weighted by molar-refractivity contribution is 0.126. The lowest BCUT2D eigenvalue weighted by atomic mass is 9.90. The van der Waals surface area contributed by atoms with Crippen LogP contribution in [0.5, 0.6) is 0 Å². The normalized spacial score (nSPS) is 14.6. The molecule has 2 atom stereocenters. The zero-order valence-electron chi connectivity index (χ0n) is 14.4. The van der Waals surface area contributed by atoms with Crippen LogP contribution in [0.3, 0.4) is 0 Å². The smallest absolute Gasteiger partial charge is 0.0455 e. The molecule has 1 aromatic rings. The molecule has 0 bridgehead atoms. The van der Waals surface area contributed by atoms with Crippen LogP contribution in [0.2, 0.25) is 0 Å². The van der Waals surface area contributed by atoms with Crippen LogP contribution < -0.4 is 5.73 Å². The van der Waals surface area contributed by atoms with Gasteiger partial charge in [0.2, 0.25) is 0 Å². The Morgan fingerprint density at radius 2 is 1.48 bits per heavy atom. The van der Waals surface area contributed by atoms with Crippen molar-refractivity contribution < 1.29 is 0 Å². The van der Waals surface area contributed by atoms with Crippen molar-refractivity contribution in [3.63, 3.8) is 0 Å². The van der Waals surface area contributed by atoms with Crippen molar-refractivity contribution in [2.75, 3.05) is 13.1 Å². The van der Waals surface area contributed by atoms with Gasteiger partial charge in [-0.1, -0.05) is 70.9 Å². The summed E-state index contributed by atoms with van der Waals surface area (Å²) in [5.74, 6) is 0.564. The molecule has 0 amide bonds. The molecular weight excluding hydrogens is 256 g/mol. The summed E-state index contributed by atoms with van der Waals surface area (Å²) in [5, 5.41) is 0. The van der Waals surface area contributed by atoms with E-state index in [1.54, 1.807) is 0 Å². The van der Waals surface area contributed by atoms with Crippen molar-refractivity contribution in [2.45, 2.75) is 65.5 Å². The largest absolute Gasteiger partial charge is 0.323 e. The summed E-state index contributed by atoms with van der Waals surface area (Å²) >= 11 is 0. The Bertz CT molecular complexity index is 353. The second kappa shape index (κ2) is 9.97. The molecule has 0 saturated heterocycles. The van der Waals surface area contributed by atoms with E-state index in [9.17, 15) is 0 Å². The van der Waals surface area contributed by atoms with Crippen LogP contribution in [0.1, 0.15) is 65.0 Å². The van der Waals surface area contributed by atoms with Crippen molar-refractivity contribution in [3.05, 3.63) is 35.9 Å². The first-order valence-electron chi connectivity index (χ1n) is 8.66. The molecule has 2 nitrogen and oxygen atoms in total. The molecule has 2 N–H and O–H groups in total. The van der Waals surface area contributed by atoms with Crippen LogP contribution in [-0.2, 0) is 0 Å². The first-order valence-corrected chi connectivity index (χ1v) is 8.66. The van der Waals surface area contributed by atoms with Gasteiger partial charge >= 0.3 is 0 Å². The van der Waals surface area contributed by atoms with Crippen LogP contribution in [0, 0.1) is 5.92 Å². The van der Waals surface area contributed by atoms with Crippen molar-refractivity contribution in [2.24, 2.45) is 11.7 Å². The molecule has 1 aromatic carbocycles. The first-order chi connectivity index (χ1) is 10.1. The third-order valence-corrected chi connectivity index (χ3v) is 4.25. The standard InChI is InChI=1S/C19H34N2/c1-5-7-14-21(15-8-6-2)19(16(3)4)18(20)17-12-10-9-11-13-17/h9-13,16,18-19H,5-8,14-15,20H2,1-4H3. The van der Waals surface area contributed by atoms with E-state index in [4.69, 9.17) is 5.73 Å². The quantitative estimate of drug-likeness (QED) is 0.681. The predicted molar refractivity (Wildman–Crippen MR) is 93.4 cm³/mol. The minimum absolute atomic E-state index is 0.0971. The van der Waals surface area contributed by atoms with Crippen LogP contribution in [0.15, 0.2) is 30.3 Å². The monoisotopic (exact) mass is 290 g/mol. The van der Waals surface area contributed by atoms with E-state index in [0.717, 1.165) is 0 Å². The van der Waals surface area contributed by atoms with Crippen LogP contribution in [0.25, 0.3) is 0 Å².